The Labute approximate surface area is 138 Å². The molecule has 9 heteroatoms. The molecule has 1 aromatic heterocycles. The van der Waals surface area contributed by atoms with Crippen molar-refractivity contribution in [2.45, 2.75) is 12.5 Å². The molecule has 2 aromatic rings. The van der Waals surface area contributed by atoms with Crippen molar-refractivity contribution in [1.82, 2.24) is 9.97 Å². The van der Waals surface area contributed by atoms with Crippen molar-refractivity contribution >= 4 is 27.4 Å². The van der Waals surface area contributed by atoms with Crippen LogP contribution in [0.4, 0.5) is 16.0 Å². The molecule has 1 aliphatic rings. The van der Waals surface area contributed by atoms with E-state index < -0.39 is 21.6 Å². The molecule has 1 unspecified atom stereocenters. The minimum absolute atomic E-state index is 0.0301. The zero-order valence-corrected chi connectivity index (χ0v) is 13.4. The van der Waals surface area contributed by atoms with E-state index in [0.717, 1.165) is 0 Å². The molecule has 7 nitrogen and oxygen atoms in total. The molecule has 1 aliphatic heterocycles. The van der Waals surface area contributed by atoms with Gasteiger partial charge in [-0.1, -0.05) is 0 Å². The maximum absolute atomic E-state index is 12.9. The summed E-state index contributed by atoms with van der Waals surface area (Å²) in [6.07, 6.45) is 1.90. The fraction of sp³-hybridized carbons (Fsp3) is 0.267. The Morgan fingerprint density at radius 1 is 1.21 bits per heavy atom. The lowest BCUT2D eigenvalue weighted by molar-refractivity contribution is 0.102. The summed E-state index contributed by atoms with van der Waals surface area (Å²) in [5.74, 6) is -0.499. The van der Waals surface area contributed by atoms with Gasteiger partial charge in [0, 0.05) is 17.9 Å². The predicted octanol–water partition coefficient (Wildman–Crippen LogP) is 1.47. The molecule has 2 heterocycles. The Morgan fingerprint density at radius 3 is 2.62 bits per heavy atom. The summed E-state index contributed by atoms with van der Waals surface area (Å²) in [6, 6.07) is 6.54. The second-order valence-corrected chi connectivity index (χ2v) is 7.70. The first-order chi connectivity index (χ1) is 11.4. The molecule has 126 valence electrons. The largest absolute Gasteiger partial charge is 0.350 e. The Bertz CT molecular complexity index is 855. The van der Waals surface area contributed by atoms with Crippen LogP contribution in [0.15, 0.2) is 36.5 Å². The van der Waals surface area contributed by atoms with Crippen molar-refractivity contribution in [3.63, 3.8) is 0 Å². The molecule has 0 saturated carbocycles. The van der Waals surface area contributed by atoms with E-state index in [9.17, 15) is 17.6 Å². The number of amides is 1. The highest BCUT2D eigenvalue weighted by Gasteiger charge is 2.28. The Kier molecular flexibility index (Phi) is 4.43. The molecule has 24 heavy (non-hydrogen) atoms. The number of aromatic nitrogens is 2. The first-order valence-electron chi connectivity index (χ1n) is 7.28. The van der Waals surface area contributed by atoms with Crippen LogP contribution in [0.2, 0.25) is 0 Å². The third kappa shape index (κ3) is 4.05. The average Bonchev–Trinajstić information content (AvgIpc) is 2.88. The summed E-state index contributed by atoms with van der Waals surface area (Å²) in [4.78, 5) is 20.3. The number of nitrogens with zero attached hydrogens (tertiary/aromatic N) is 2. The van der Waals surface area contributed by atoms with Crippen LogP contribution in [0, 0.1) is 5.82 Å². The van der Waals surface area contributed by atoms with Crippen molar-refractivity contribution in [3.05, 3.63) is 48.0 Å². The molecule has 1 saturated heterocycles. The maximum atomic E-state index is 12.9. The number of rotatable bonds is 4. The van der Waals surface area contributed by atoms with Gasteiger partial charge in [0.1, 0.15) is 11.5 Å². The van der Waals surface area contributed by atoms with Crippen molar-refractivity contribution in [2.24, 2.45) is 0 Å². The molecular formula is C15H15FN4O3S. The third-order valence-electron chi connectivity index (χ3n) is 3.56. The van der Waals surface area contributed by atoms with E-state index in [0.29, 0.717) is 12.1 Å². The molecule has 0 radical (unpaired) electrons. The Balaban J connectivity index is 1.68. The van der Waals surface area contributed by atoms with Crippen molar-refractivity contribution in [2.75, 3.05) is 22.1 Å². The molecule has 1 fully saturated rings. The predicted molar refractivity (Wildman–Crippen MR) is 87.1 cm³/mol. The van der Waals surface area contributed by atoms with Crippen molar-refractivity contribution in [3.8, 4) is 0 Å². The zero-order valence-electron chi connectivity index (χ0n) is 12.6. The van der Waals surface area contributed by atoms with E-state index in [2.05, 4.69) is 20.6 Å². The van der Waals surface area contributed by atoms with Gasteiger partial charge >= 0.3 is 0 Å². The number of hydrogen-bond donors (Lipinski definition) is 2. The second kappa shape index (κ2) is 6.52. The maximum Gasteiger partial charge on any atom is 0.274 e. The highest BCUT2D eigenvalue weighted by molar-refractivity contribution is 7.91. The van der Waals surface area contributed by atoms with E-state index in [4.69, 9.17) is 0 Å². The van der Waals surface area contributed by atoms with Crippen LogP contribution < -0.4 is 10.6 Å². The molecule has 1 aromatic carbocycles. The first kappa shape index (κ1) is 16.3. The van der Waals surface area contributed by atoms with Gasteiger partial charge < -0.3 is 10.6 Å². The molecule has 0 aliphatic carbocycles. The van der Waals surface area contributed by atoms with E-state index >= 15 is 0 Å². The van der Waals surface area contributed by atoms with Crippen LogP contribution in [0.5, 0.6) is 0 Å². The molecule has 1 amide bonds. The van der Waals surface area contributed by atoms with Gasteiger partial charge in [-0.05, 0) is 36.8 Å². The van der Waals surface area contributed by atoms with E-state index in [1.165, 1.54) is 36.5 Å². The topological polar surface area (TPSA) is 101 Å². The van der Waals surface area contributed by atoms with Crippen LogP contribution in [-0.4, -0.2) is 41.8 Å². The van der Waals surface area contributed by atoms with Gasteiger partial charge in [-0.2, -0.15) is 0 Å². The summed E-state index contributed by atoms with van der Waals surface area (Å²) >= 11 is 0. The lowest BCUT2D eigenvalue weighted by atomic mass is 10.3. The van der Waals surface area contributed by atoms with Crippen molar-refractivity contribution < 1.29 is 17.6 Å². The standard InChI is InChI=1S/C15H15FN4O3S/c16-10-1-3-11(4-2-10)18-14(21)13-5-7-17-15(20-13)19-12-6-8-24(22,23)9-12/h1-5,7,12H,6,8-9H2,(H,18,21)(H,17,19,20). The van der Waals surface area contributed by atoms with Gasteiger partial charge in [0.05, 0.1) is 11.5 Å². The van der Waals surface area contributed by atoms with Gasteiger partial charge in [0.2, 0.25) is 5.95 Å². The average molecular weight is 350 g/mol. The number of hydrogen-bond acceptors (Lipinski definition) is 6. The molecule has 1 atom stereocenters. The molecular weight excluding hydrogens is 335 g/mol. The fourth-order valence-electron chi connectivity index (χ4n) is 2.37. The molecule has 3 rings (SSSR count). The number of carbonyl (C=O) groups excluding carboxylic acids is 1. The van der Waals surface area contributed by atoms with Gasteiger partial charge in [0.15, 0.2) is 9.84 Å². The highest BCUT2D eigenvalue weighted by Crippen LogP contribution is 2.15. The van der Waals surface area contributed by atoms with Gasteiger partial charge in [-0.25, -0.2) is 22.8 Å². The number of nitrogens with one attached hydrogen (secondary N) is 2. The zero-order chi connectivity index (χ0) is 17.2. The normalized spacial score (nSPS) is 19.0. The van der Waals surface area contributed by atoms with Gasteiger partial charge in [0.25, 0.3) is 5.91 Å². The van der Waals surface area contributed by atoms with Crippen LogP contribution in [0.25, 0.3) is 0 Å². The Morgan fingerprint density at radius 2 is 1.96 bits per heavy atom. The van der Waals surface area contributed by atoms with Crippen LogP contribution in [0.3, 0.4) is 0 Å². The summed E-state index contributed by atoms with van der Waals surface area (Å²) in [5, 5.41) is 5.53. The van der Waals surface area contributed by atoms with Gasteiger partial charge in [-0.15, -0.1) is 0 Å². The third-order valence-corrected chi connectivity index (χ3v) is 5.32. The number of sulfone groups is 1. The molecule has 0 spiro atoms. The summed E-state index contributed by atoms with van der Waals surface area (Å²) in [6.45, 7) is 0. The smallest absolute Gasteiger partial charge is 0.274 e. The minimum atomic E-state index is -3.01. The summed E-state index contributed by atoms with van der Waals surface area (Å²) in [5.41, 5.74) is 0.564. The van der Waals surface area contributed by atoms with Crippen LogP contribution >= 0.6 is 0 Å². The summed E-state index contributed by atoms with van der Waals surface area (Å²) in [7, 11) is -3.01. The lowest BCUT2D eigenvalue weighted by Crippen LogP contribution is -2.23. The monoisotopic (exact) mass is 350 g/mol. The highest BCUT2D eigenvalue weighted by atomic mass is 32.2. The van der Waals surface area contributed by atoms with E-state index in [1.807, 2.05) is 0 Å². The fourth-order valence-corrected chi connectivity index (χ4v) is 4.05. The number of halogens is 1. The lowest BCUT2D eigenvalue weighted by Gasteiger charge is -2.11. The molecule has 0 bridgehead atoms. The Hall–Kier alpha value is -2.55. The summed E-state index contributed by atoms with van der Waals surface area (Å²) < 4.78 is 35.8. The van der Waals surface area contributed by atoms with Crippen LogP contribution in [-0.2, 0) is 9.84 Å². The second-order valence-electron chi connectivity index (χ2n) is 5.47. The van der Waals surface area contributed by atoms with Crippen LogP contribution in [0.1, 0.15) is 16.9 Å². The van der Waals surface area contributed by atoms with Gasteiger partial charge in [-0.3, -0.25) is 4.79 Å². The quantitative estimate of drug-likeness (QED) is 0.866. The first-order valence-corrected chi connectivity index (χ1v) is 9.10. The minimum Gasteiger partial charge on any atom is -0.350 e. The number of anilines is 2. The number of carbonyl (C=O) groups is 1. The van der Waals surface area contributed by atoms with Crippen molar-refractivity contribution in [1.29, 1.82) is 0 Å². The van der Waals surface area contributed by atoms with E-state index in [-0.39, 0.29) is 29.2 Å². The number of benzene rings is 1. The molecule has 2 N–H and O–H groups in total. The SMILES string of the molecule is O=C(Nc1ccc(F)cc1)c1ccnc(NC2CCS(=O)(=O)C2)n1. The van der Waals surface area contributed by atoms with E-state index in [1.54, 1.807) is 0 Å².